The van der Waals surface area contributed by atoms with Crippen molar-refractivity contribution in [1.82, 2.24) is 18.8 Å². The number of rotatable bonds is 10. The van der Waals surface area contributed by atoms with Gasteiger partial charge in [0.15, 0.2) is 0 Å². The first kappa shape index (κ1) is 34.9. The smallest absolute Gasteiger partial charge is 0.243 e. The average Bonchev–Trinajstić information content (AvgIpc) is 3.80. The van der Waals surface area contributed by atoms with Crippen molar-refractivity contribution < 1.29 is 4.79 Å². The summed E-state index contributed by atoms with van der Waals surface area (Å²) in [7, 11) is 0. The number of carbonyl (C=O) groups is 1. The molecule has 1 amide bonds. The van der Waals surface area contributed by atoms with Crippen molar-refractivity contribution in [1.29, 1.82) is 0 Å². The van der Waals surface area contributed by atoms with Gasteiger partial charge in [-0.3, -0.25) is 13.6 Å². The van der Waals surface area contributed by atoms with Gasteiger partial charge in [-0.25, -0.2) is 9.97 Å². The topological polar surface area (TPSA) is 128 Å². The Morgan fingerprint density at radius 3 is 1.42 bits per heavy atom. The summed E-state index contributed by atoms with van der Waals surface area (Å²) in [6.45, 7) is 0.0732. The van der Waals surface area contributed by atoms with Gasteiger partial charge >= 0.3 is 0 Å². The molecule has 2 aliphatic carbocycles. The van der Waals surface area contributed by atoms with Crippen LogP contribution in [0.2, 0.25) is 0 Å². The second kappa shape index (κ2) is 13.9. The highest BCUT2D eigenvalue weighted by Crippen LogP contribution is 2.42. The molecule has 0 aliphatic heterocycles. The number of nitrogens with zero attached hydrogens (tertiary/aromatic N) is 4. The molecule has 282 valence electrons. The normalized spacial score (nSPS) is 15.5. The summed E-state index contributed by atoms with van der Waals surface area (Å²) in [5, 5.41) is 6.44. The Balaban J connectivity index is 0.909. The SMILES string of the molecule is NC1(c2ccc(-c3nc4ccc(NCC(=O)Nc5ccc6nc(-c7ccc(C8(N)CCC8)cc7)c(-c7ccccc7)n6c5)cn4c3-c3ccccc3)cc2)CCC1. The van der Waals surface area contributed by atoms with Crippen molar-refractivity contribution in [3.05, 3.63) is 157 Å². The van der Waals surface area contributed by atoms with E-state index in [2.05, 4.69) is 92.2 Å². The van der Waals surface area contributed by atoms with Crippen LogP contribution in [0.3, 0.4) is 0 Å². The molecule has 4 aromatic heterocycles. The molecule has 2 saturated carbocycles. The first-order chi connectivity index (χ1) is 27.8. The number of hydrogen-bond donors (Lipinski definition) is 4. The van der Waals surface area contributed by atoms with Gasteiger partial charge in [0.1, 0.15) is 11.3 Å². The van der Waals surface area contributed by atoms with Crippen LogP contribution in [0.4, 0.5) is 11.4 Å². The quantitative estimate of drug-likeness (QED) is 0.110. The molecule has 0 radical (unpaired) electrons. The fraction of sp³-hybridized carbons (Fsp3) is 0.188. The predicted octanol–water partition coefficient (Wildman–Crippen LogP) is 9.38. The lowest BCUT2D eigenvalue weighted by molar-refractivity contribution is -0.114. The van der Waals surface area contributed by atoms with Crippen LogP contribution in [0.25, 0.3) is 56.3 Å². The van der Waals surface area contributed by atoms with Crippen molar-refractivity contribution in [2.24, 2.45) is 11.5 Å². The third-order valence-electron chi connectivity index (χ3n) is 12.0. The molecular weight excluding hydrogens is 705 g/mol. The molecule has 4 heterocycles. The Morgan fingerprint density at radius 1 is 0.544 bits per heavy atom. The highest BCUT2D eigenvalue weighted by Gasteiger charge is 2.35. The van der Waals surface area contributed by atoms with Crippen LogP contribution in [0.15, 0.2) is 146 Å². The molecule has 2 fully saturated rings. The molecule has 0 saturated heterocycles. The molecule has 6 N–H and O–H groups in total. The highest BCUT2D eigenvalue weighted by atomic mass is 16.1. The van der Waals surface area contributed by atoms with Crippen LogP contribution in [-0.2, 0) is 15.9 Å². The number of benzene rings is 4. The molecule has 2 aliphatic rings. The number of carbonyl (C=O) groups excluding carboxylic acids is 1. The van der Waals surface area contributed by atoms with E-state index in [-0.39, 0.29) is 23.5 Å². The number of pyridine rings is 2. The lowest BCUT2D eigenvalue weighted by atomic mass is 9.72. The predicted molar refractivity (Wildman–Crippen MR) is 229 cm³/mol. The maximum Gasteiger partial charge on any atom is 0.243 e. The van der Waals surface area contributed by atoms with Gasteiger partial charge in [0.25, 0.3) is 0 Å². The summed E-state index contributed by atoms with van der Waals surface area (Å²) in [6.07, 6.45) is 10.4. The minimum absolute atomic E-state index is 0.0732. The second-order valence-electron chi connectivity index (χ2n) is 15.7. The third kappa shape index (κ3) is 6.35. The summed E-state index contributed by atoms with van der Waals surface area (Å²) >= 11 is 0. The van der Waals surface area contributed by atoms with Crippen molar-refractivity contribution in [2.45, 2.75) is 49.6 Å². The number of imidazole rings is 2. The van der Waals surface area contributed by atoms with Crippen LogP contribution in [-0.4, -0.2) is 31.2 Å². The van der Waals surface area contributed by atoms with Gasteiger partial charge in [0.05, 0.1) is 40.7 Å². The Hall–Kier alpha value is -6.55. The maximum absolute atomic E-state index is 13.5. The number of hydrogen-bond acceptors (Lipinski definition) is 6. The monoisotopic (exact) mass is 748 g/mol. The third-order valence-corrected chi connectivity index (χ3v) is 12.0. The van der Waals surface area contributed by atoms with Crippen LogP contribution in [0, 0.1) is 0 Å². The maximum atomic E-state index is 13.5. The summed E-state index contributed by atoms with van der Waals surface area (Å²) in [5.74, 6) is -0.169. The van der Waals surface area contributed by atoms with Crippen LogP contribution in [0.5, 0.6) is 0 Å². The van der Waals surface area contributed by atoms with E-state index >= 15 is 0 Å². The minimum atomic E-state index is -0.222. The Labute approximate surface area is 331 Å². The highest BCUT2D eigenvalue weighted by molar-refractivity contribution is 5.94. The molecule has 0 spiro atoms. The number of amides is 1. The molecule has 4 aromatic carbocycles. The molecule has 0 atom stereocenters. The first-order valence-electron chi connectivity index (χ1n) is 19.8. The van der Waals surface area contributed by atoms with E-state index in [1.165, 1.54) is 24.0 Å². The van der Waals surface area contributed by atoms with Crippen LogP contribution in [0.1, 0.15) is 49.7 Å². The van der Waals surface area contributed by atoms with Gasteiger partial charge in [-0.1, -0.05) is 109 Å². The minimum Gasteiger partial charge on any atom is -0.375 e. The molecule has 0 unspecified atom stereocenters. The molecule has 9 heteroatoms. The number of nitrogens with one attached hydrogen (secondary N) is 2. The summed E-state index contributed by atoms with van der Waals surface area (Å²) in [4.78, 5) is 23.6. The fourth-order valence-corrected chi connectivity index (χ4v) is 8.41. The van der Waals surface area contributed by atoms with E-state index in [4.69, 9.17) is 21.4 Å². The van der Waals surface area contributed by atoms with Gasteiger partial charge in [0, 0.05) is 45.7 Å². The van der Waals surface area contributed by atoms with Gasteiger partial charge in [-0.2, -0.15) is 0 Å². The summed E-state index contributed by atoms with van der Waals surface area (Å²) < 4.78 is 4.16. The molecule has 8 aromatic rings. The number of aromatic nitrogens is 4. The van der Waals surface area contributed by atoms with Crippen molar-refractivity contribution in [3.63, 3.8) is 0 Å². The van der Waals surface area contributed by atoms with Crippen LogP contribution >= 0.6 is 0 Å². The van der Waals surface area contributed by atoms with Gasteiger partial charge in [-0.05, 0) is 73.9 Å². The zero-order valence-corrected chi connectivity index (χ0v) is 31.7. The second-order valence-corrected chi connectivity index (χ2v) is 15.7. The Kier molecular flexibility index (Phi) is 8.50. The first-order valence-corrected chi connectivity index (χ1v) is 19.8. The van der Waals surface area contributed by atoms with E-state index in [9.17, 15) is 4.79 Å². The van der Waals surface area contributed by atoms with E-state index in [1.54, 1.807) is 0 Å². The van der Waals surface area contributed by atoms with Crippen molar-refractivity contribution in [2.75, 3.05) is 17.2 Å². The zero-order chi connectivity index (χ0) is 38.6. The summed E-state index contributed by atoms with van der Waals surface area (Å²) in [5.41, 5.74) is 26.1. The van der Waals surface area contributed by atoms with E-state index < -0.39 is 0 Å². The van der Waals surface area contributed by atoms with E-state index in [0.717, 1.165) is 87.7 Å². The molecule has 10 rings (SSSR count). The summed E-state index contributed by atoms with van der Waals surface area (Å²) in [6, 6.07) is 45.4. The average molecular weight is 749 g/mol. The zero-order valence-electron chi connectivity index (χ0n) is 31.7. The van der Waals surface area contributed by atoms with Crippen molar-refractivity contribution in [3.8, 4) is 45.0 Å². The molecule has 9 nitrogen and oxygen atoms in total. The molecular formula is C48H44N8O. The lowest BCUT2D eigenvalue weighted by Gasteiger charge is -2.38. The molecule has 57 heavy (non-hydrogen) atoms. The van der Waals surface area contributed by atoms with E-state index in [1.807, 2.05) is 73.1 Å². The van der Waals surface area contributed by atoms with Gasteiger partial charge < -0.3 is 22.1 Å². The Morgan fingerprint density at radius 2 is 0.982 bits per heavy atom. The standard InChI is InChI=1S/C48H44N8O/c49-47(25-7-26-47)36-17-13-32(14-18-36)43-45(34-9-3-1-4-10-34)55-30-38(21-23-40(55)53-43)51-29-42(57)52-39-22-24-41-54-44(46(56(41)31-39)35-11-5-2-6-12-35)33-15-19-37(20-16-33)48(50)27-8-28-48/h1-6,9-24,30-31,51H,7-8,25-29,49-50H2,(H,52,57). The molecule has 0 bridgehead atoms. The van der Waals surface area contributed by atoms with Crippen LogP contribution < -0.4 is 22.1 Å². The fourth-order valence-electron chi connectivity index (χ4n) is 8.41. The van der Waals surface area contributed by atoms with E-state index in [0.29, 0.717) is 5.69 Å². The number of nitrogens with two attached hydrogens (primary N) is 2. The largest absolute Gasteiger partial charge is 0.375 e. The van der Waals surface area contributed by atoms with Crippen molar-refractivity contribution >= 4 is 28.6 Å². The van der Waals surface area contributed by atoms with Gasteiger partial charge in [-0.15, -0.1) is 0 Å². The van der Waals surface area contributed by atoms with Gasteiger partial charge in [0.2, 0.25) is 5.91 Å². The number of fused-ring (bicyclic) bond motifs is 2. The Bertz CT molecular complexity index is 2740. The lowest BCUT2D eigenvalue weighted by Crippen LogP contribution is -2.43. The number of anilines is 2.